The van der Waals surface area contributed by atoms with Gasteiger partial charge in [0.1, 0.15) is 29.0 Å². The molecule has 0 fully saturated rings. The van der Waals surface area contributed by atoms with Gasteiger partial charge in [-0.05, 0) is 107 Å². The monoisotopic (exact) mass is 1170 g/mol. The normalized spacial score (nSPS) is 13.3. The summed E-state index contributed by atoms with van der Waals surface area (Å²) in [5.41, 5.74) is 11.2. The van der Waals surface area contributed by atoms with Gasteiger partial charge in [0.25, 0.3) is 5.70 Å². The molecule has 2 aliphatic rings. The largest absolute Gasteiger partial charge is 0.493 e. The van der Waals surface area contributed by atoms with Crippen LogP contribution in [-0.4, -0.2) is 61.6 Å². The number of amidine groups is 2. The van der Waals surface area contributed by atoms with Crippen molar-refractivity contribution in [3.63, 3.8) is 0 Å². The first-order valence-electron chi connectivity index (χ1n) is 30.8. The smallest absolute Gasteiger partial charge is 0.328 e. The summed E-state index contributed by atoms with van der Waals surface area (Å²) in [6.07, 6.45) is 0. The minimum atomic E-state index is -0.578. The maximum atomic E-state index is 12.8. The van der Waals surface area contributed by atoms with Crippen molar-refractivity contribution in [2.75, 3.05) is 37.1 Å². The molecule has 2 aliphatic heterocycles. The van der Waals surface area contributed by atoms with Crippen LogP contribution in [-0.2, 0) is 0 Å². The maximum Gasteiger partial charge on any atom is 0.328 e. The molecule has 10 aromatic carbocycles. The maximum absolute atomic E-state index is 12.8. The van der Waals surface area contributed by atoms with Gasteiger partial charge < -0.3 is 28.2 Å². The summed E-state index contributed by atoms with van der Waals surface area (Å²) in [5, 5.41) is 19.6. The van der Waals surface area contributed by atoms with Crippen LogP contribution in [0.25, 0.3) is 70.9 Å². The van der Waals surface area contributed by atoms with E-state index in [1.807, 2.05) is 86.9 Å². The van der Waals surface area contributed by atoms with Gasteiger partial charge in [0.15, 0.2) is 5.84 Å². The number of nitrogens with zero attached hydrogens (tertiary/aromatic N) is 8. The molecule has 10 nitrogen and oxygen atoms in total. The van der Waals surface area contributed by atoms with Crippen molar-refractivity contribution in [3.05, 3.63) is 265 Å². The number of rotatable bonds is 16. The molecule has 12 heteroatoms. The molecule has 0 aliphatic carbocycles. The second-order valence-electron chi connectivity index (χ2n) is 24.0. The molecule has 434 valence electrons. The summed E-state index contributed by atoms with van der Waals surface area (Å²) in [6, 6.07) is 86.9. The van der Waals surface area contributed by atoms with E-state index in [0.717, 1.165) is 111 Å². The predicted molar refractivity (Wildman–Crippen MR) is 375 cm³/mol. The van der Waals surface area contributed by atoms with Crippen LogP contribution in [0.3, 0.4) is 0 Å². The van der Waals surface area contributed by atoms with Gasteiger partial charge >= 0.3 is 13.7 Å². The van der Waals surface area contributed by atoms with E-state index < -0.39 is 13.7 Å². The van der Waals surface area contributed by atoms with Crippen LogP contribution >= 0.6 is 0 Å². The third-order valence-electron chi connectivity index (χ3n) is 17.2. The second-order valence-corrected chi connectivity index (χ2v) is 24.0. The summed E-state index contributed by atoms with van der Waals surface area (Å²) in [4.78, 5) is 20.2. The molecular weight excluding hydrogens is 1100 g/mol. The van der Waals surface area contributed by atoms with Gasteiger partial charge in [-0.25, -0.2) is 14.8 Å². The summed E-state index contributed by atoms with van der Waals surface area (Å²) in [7, 11) is 4.04. The fraction of sp³-hybridized carbons (Fsp3) is 0.128. The fourth-order valence-electron chi connectivity index (χ4n) is 13.2. The molecule has 0 amide bonds. The number of aromatic nitrogens is 2. The zero-order valence-electron chi connectivity index (χ0n) is 51.2. The topological polar surface area (TPSA) is 87.7 Å². The lowest BCUT2D eigenvalue weighted by Crippen LogP contribution is -2.54. The van der Waals surface area contributed by atoms with Gasteiger partial charge in [-0.3, -0.25) is 0 Å². The molecule has 4 heterocycles. The Kier molecular flexibility index (Phi) is 15.1. The summed E-state index contributed by atoms with van der Waals surface area (Å²) in [5.74, 6) is 3.00. The molecule has 2 aromatic heterocycles. The molecule has 0 spiro atoms. The number of aliphatic imine (C=N–C) groups is 2. The third-order valence-corrected chi connectivity index (χ3v) is 17.2. The molecule has 0 saturated carbocycles. The number of likely N-dealkylation sites (N-methyl/N-ethyl adjacent to an activating group) is 1. The fourth-order valence-corrected chi connectivity index (χ4v) is 13.2. The van der Waals surface area contributed by atoms with Gasteiger partial charge in [0.05, 0.1) is 47.9 Å². The molecule has 12 aromatic rings. The molecule has 0 atom stereocenters. The van der Waals surface area contributed by atoms with Gasteiger partial charge in [-0.15, -0.1) is 0 Å². The van der Waals surface area contributed by atoms with Crippen LogP contribution in [0.2, 0.25) is 0 Å². The Morgan fingerprint density at radius 1 is 0.456 bits per heavy atom. The quantitative estimate of drug-likeness (QED) is 0.0710. The van der Waals surface area contributed by atoms with E-state index in [-0.39, 0.29) is 0 Å². The van der Waals surface area contributed by atoms with E-state index in [9.17, 15) is 11.8 Å². The van der Waals surface area contributed by atoms with Gasteiger partial charge in [0, 0.05) is 52.4 Å². The number of fused-ring (bicyclic) bond motifs is 1. The van der Waals surface area contributed by atoms with Gasteiger partial charge in [-0.2, -0.15) is 5.26 Å². The van der Waals surface area contributed by atoms with Crippen molar-refractivity contribution in [2.24, 2.45) is 21.8 Å². The number of ether oxygens (including phenoxy) is 2. The van der Waals surface area contributed by atoms with Crippen LogP contribution in [0.5, 0.6) is 11.5 Å². The van der Waals surface area contributed by atoms with E-state index >= 15 is 0 Å². The summed E-state index contributed by atoms with van der Waals surface area (Å²) >= 11 is 0. The van der Waals surface area contributed by atoms with Crippen molar-refractivity contribution in [2.45, 2.75) is 27.7 Å². The number of anilines is 2. The number of hydrogen-bond acceptors (Lipinski definition) is 7. The van der Waals surface area contributed by atoms with E-state index in [1.165, 1.54) is 0 Å². The van der Waals surface area contributed by atoms with Gasteiger partial charge in [-0.1, -0.05) is 219 Å². The van der Waals surface area contributed by atoms with E-state index in [4.69, 9.17) is 24.3 Å². The average Bonchev–Trinajstić information content (AvgIpc) is 1.51. The Balaban J connectivity index is 1.30. The first-order valence-corrected chi connectivity index (χ1v) is 30.8. The molecule has 0 bridgehead atoms. The Hall–Kier alpha value is -11.1. The van der Waals surface area contributed by atoms with Crippen LogP contribution in [0, 0.1) is 29.7 Å². The Labute approximate surface area is 525 Å². The van der Waals surface area contributed by atoms with Crippen LogP contribution in [0.1, 0.15) is 27.7 Å². The summed E-state index contributed by atoms with van der Waals surface area (Å²) < 4.78 is 17.7. The third kappa shape index (κ3) is 9.97. The number of hydrogen-bond donors (Lipinski definition) is 0. The zero-order valence-corrected chi connectivity index (χ0v) is 51.2. The van der Waals surface area contributed by atoms with Crippen LogP contribution < -0.4 is 51.8 Å². The Bertz CT molecular complexity index is 4600. The lowest BCUT2D eigenvalue weighted by molar-refractivity contribution is 0.271. The van der Waals surface area contributed by atoms with E-state index in [0.29, 0.717) is 58.7 Å². The molecule has 0 saturated heterocycles. The highest BCUT2D eigenvalue weighted by atomic mass is 16.5. The SMILES string of the molecule is [C-]#[N+]/C(C1=Nc2cccc3cccc(c23)N1C)=c1\c2c(-c3ccc(OCC(C)C)cc3)n(B(c3ccccc3)c3ccccc3)/c(=C(/C#N)C3=Nc4cccc5cccc(c45)N3C)c2c(-c2ccc(OCC(C)C)cc2)n1B(c1ccccc1)c1ccccc1. The lowest BCUT2D eigenvalue weighted by atomic mass is 9.50. The van der Waals surface area contributed by atoms with Crippen LogP contribution in [0.4, 0.5) is 22.7 Å². The van der Waals surface area contributed by atoms with Crippen LogP contribution in [0.15, 0.2) is 253 Å². The number of nitriles is 1. The number of benzene rings is 10. The highest BCUT2D eigenvalue weighted by molar-refractivity contribution is 6.85. The first kappa shape index (κ1) is 56.7. The standard InChI is InChI=1S/C78H64B2N8O2/c1-51(2)49-89-61-44-40-55(41-45-61)73-70-71(76(88(73)80(59-32-16-10-17-33-59)60-34-18-11-19-35-60)72(82-5)78-84-65-37-21-25-54-27-23-39-67(69(54)65)86(78)7)74(56-42-46-62(47-43-56)90-50-52(3)4)87(79(57-28-12-8-13-29-57)58-30-14-9-15-31-58)75(70)63(48-81)77-83-64-36-20-24-53-26-22-38-66(68(53)64)85(77)6/h8-47,51-52H,49-50H2,1-4,6-7H3/b75-63-,76-72+. The minimum absolute atomic E-state index is 0.294. The van der Waals surface area contributed by atoms with Crippen molar-refractivity contribution in [3.8, 4) is 40.1 Å². The molecule has 0 radical (unpaired) electrons. The zero-order chi connectivity index (χ0) is 61.6. The molecule has 0 N–H and O–H groups in total. The second kappa shape index (κ2) is 23.9. The molecular formula is C78H64B2N8O2. The van der Waals surface area contributed by atoms with Crippen molar-refractivity contribution in [1.82, 2.24) is 8.96 Å². The lowest BCUT2D eigenvalue weighted by Gasteiger charge is -2.29. The Morgan fingerprint density at radius 3 is 1.21 bits per heavy atom. The molecule has 90 heavy (non-hydrogen) atoms. The molecule has 0 unspecified atom stereocenters. The van der Waals surface area contributed by atoms with Crippen molar-refractivity contribution < 1.29 is 9.47 Å². The molecule has 14 rings (SSSR count). The van der Waals surface area contributed by atoms with Crippen molar-refractivity contribution in [1.29, 1.82) is 5.26 Å². The summed E-state index contributed by atoms with van der Waals surface area (Å²) in [6.45, 7) is 18.5. The minimum Gasteiger partial charge on any atom is -0.493 e. The van der Waals surface area contributed by atoms with E-state index in [1.54, 1.807) is 0 Å². The average molecular weight is 1170 g/mol. The Morgan fingerprint density at radius 2 is 0.822 bits per heavy atom. The van der Waals surface area contributed by atoms with E-state index in [2.05, 4.69) is 222 Å². The highest BCUT2D eigenvalue weighted by Crippen LogP contribution is 2.43. The highest BCUT2D eigenvalue weighted by Gasteiger charge is 2.39. The predicted octanol–water partition coefficient (Wildman–Crippen LogP) is 13.5. The van der Waals surface area contributed by atoms with Gasteiger partial charge in [0.2, 0.25) is 0 Å². The van der Waals surface area contributed by atoms with Crippen molar-refractivity contribution >= 4 is 114 Å². The first-order chi connectivity index (χ1) is 44.1.